The van der Waals surface area contributed by atoms with Gasteiger partial charge in [0.15, 0.2) is 6.61 Å². The number of amides is 2. The zero-order valence-corrected chi connectivity index (χ0v) is 16.0. The van der Waals surface area contributed by atoms with Crippen molar-refractivity contribution in [2.24, 2.45) is 0 Å². The summed E-state index contributed by atoms with van der Waals surface area (Å²) >= 11 is 3.40. The maximum absolute atomic E-state index is 13.0. The van der Waals surface area contributed by atoms with Crippen molar-refractivity contribution in [1.82, 2.24) is 10.2 Å². The topological polar surface area (TPSA) is 58.6 Å². The van der Waals surface area contributed by atoms with Crippen LogP contribution in [0.1, 0.15) is 15.9 Å². The summed E-state index contributed by atoms with van der Waals surface area (Å²) in [5.41, 5.74) is 2.68. The molecule has 0 fully saturated rings. The zero-order valence-electron chi connectivity index (χ0n) is 14.4. The van der Waals surface area contributed by atoms with Gasteiger partial charge in [0, 0.05) is 24.6 Å². The van der Waals surface area contributed by atoms with Gasteiger partial charge in [0.25, 0.3) is 11.8 Å². The van der Waals surface area contributed by atoms with Crippen molar-refractivity contribution in [3.63, 3.8) is 0 Å². The molecule has 0 unspecified atom stereocenters. The number of hydrogen-bond donors (Lipinski definition) is 1. The Morgan fingerprint density at radius 2 is 1.96 bits per heavy atom. The molecule has 0 atom stereocenters. The third-order valence-electron chi connectivity index (χ3n) is 4.16. The first-order valence-electron chi connectivity index (χ1n) is 8.25. The maximum Gasteiger partial charge on any atom is 0.258 e. The molecule has 0 radical (unpaired) electrons. The van der Waals surface area contributed by atoms with E-state index in [4.69, 9.17) is 4.74 Å². The number of benzene rings is 2. The predicted octanol–water partition coefficient (Wildman–Crippen LogP) is 3.11. The molecule has 2 amide bonds. The van der Waals surface area contributed by atoms with Crippen LogP contribution in [0.3, 0.4) is 0 Å². The van der Waals surface area contributed by atoms with E-state index < -0.39 is 0 Å². The fraction of sp³-hybridized carbons (Fsp3) is 0.200. The summed E-state index contributed by atoms with van der Waals surface area (Å²) < 4.78 is 6.32. The molecule has 1 N–H and O–H groups in total. The lowest BCUT2D eigenvalue weighted by Gasteiger charge is -2.19. The van der Waals surface area contributed by atoms with Crippen molar-refractivity contribution < 1.29 is 14.3 Å². The van der Waals surface area contributed by atoms with E-state index in [1.807, 2.05) is 30.3 Å². The van der Waals surface area contributed by atoms with Gasteiger partial charge in [-0.05, 0) is 29.3 Å². The lowest BCUT2D eigenvalue weighted by molar-refractivity contribution is -0.122. The smallest absolute Gasteiger partial charge is 0.258 e. The van der Waals surface area contributed by atoms with Crippen LogP contribution < -0.4 is 10.1 Å². The number of nitrogens with one attached hydrogen (secondary N) is 1. The predicted molar refractivity (Wildman–Crippen MR) is 104 cm³/mol. The molecule has 0 saturated heterocycles. The molecular formula is C20H19BrN2O3. The Hall–Kier alpha value is -2.60. The number of ether oxygens (including phenoxy) is 1. The Kier molecular flexibility index (Phi) is 5.73. The highest BCUT2D eigenvalue weighted by Gasteiger charge is 2.24. The number of likely N-dealkylation sites (N-methyl/N-ethyl adjacent to an activating group) is 1. The largest absolute Gasteiger partial charge is 0.483 e. The molecule has 5 nitrogen and oxygen atoms in total. The van der Waals surface area contributed by atoms with Gasteiger partial charge in [-0.15, -0.1) is 0 Å². The van der Waals surface area contributed by atoms with Crippen molar-refractivity contribution >= 4 is 33.3 Å². The molecule has 1 heterocycles. The summed E-state index contributed by atoms with van der Waals surface area (Å²) in [5.74, 6) is 0.0240. The van der Waals surface area contributed by atoms with Crippen LogP contribution >= 0.6 is 15.9 Å². The molecule has 0 bridgehead atoms. The minimum Gasteiger partial charge on any atom is -0.483 e. The van der Waals surface area contributed by atoms with Crippen LogP contribution in [-0.4, -0.2) is 43.5 Å². The highest BCUT2D eigenvalue weighted by Crippen LogP contribution is 2.28. The Morgan fingerprint density at radius 1 is 1.19 bits per heavy atom. The molecule has 26 heavy (non-hydrogen) atoms. The minimum absolute atomic E-state index is 0.125. The highest BCUT2D eigenvalue weighted by molar-refractivity contribution is 9.10. The van der Waals surface area contributed by atoms with E-state index in [0.717, 1.165) is 15.6 Å². The van der Waals surface area contributed by atoms with E-state index in [1.54, 1.807) is 30.1 Å². The van der Waals surface area contributed by atoms with E-state index in [0.29, 0.717) is 24.4 Å². The molecular weight excluding hydrogens is 396 g/mol. The Morgan fingerprint density at radius 3 is 2.69 bits per heavy atom. The normalized spacial score (nSPS) is 13.3. The fourth-order valence-corrected chi connectivity index (χ4v) is 3.11. The van der Waals surface area contributed by atoms with Crippen LogP contribution in [0.25, 0.3) is 5.57 Å². The summed E-state index contributed by atoms with van der Waals surface area (Å²) in [6.45, 7) is 0.959. The minimum atomic E-state index is -0.250. The summed E-state index contributed by atoms with van der Waals surface area (Å²) in [6, 6.07) is 15.2. The first-order valence-corrected chi connectivity index (χ1v) is 9.04. The van der Waals surface area contributed by atoms with Crippen LogP contribution in [0.5, 0.6) is 5.75 Å². The first kappa shape index (κ1) is 18.2. The van der Waals surface area contributed by atoms with Crippen molar-refractivity contribution in [1.29, 1.82) is 0 Å². The van der Waals surface area contributed by atoms with E-state index in [9.17, 15) is 9.59 Å². The third-order valence-corrected chi connectivity index (χ3v) is 4.65. The maximum atomic E-state index is 13.0. The van der Waals surface area contributed by atoms with Gasteiger partial charge in [-0.3, -0.25) is 9.59 Å². The van der Waals surface area contributed by atoms with Crippen LogP contribution in [-0.2, 0) is 4.79 Å². The highest BCUT2D eigenvalue weighted by atomic mass is 79.9. The van der Waals surface area contributed by atoms with Gasteiger partial charge in [-0.2, -0.15) is 0 Å². The quantitative estimate of drug-likeness (QED) is 0.817. The van der Waals surface area contributed by atoms with Gasteiger partial charge in [-0.25, -0.2) is 0 Å². The number of nitrogens with zero attached hydrogens (tertiary/aromatic N) is 1. The fourth-order valence-electron chi connectivity index (χ4n) is 2.75. The SMILES string of the molecule is CNC(=O)COc1ccc(Br)cc1C(=O)N1CC=C(c2ccccc2)C1. The number of halogens is 1. The average molecular weight is 415 g/mol. The van der Waals surface area contributed by atoms with Crippen molar-refractivity contribution in [2.75, 3.05) is 26.7 Å². The van der Waals surface area contributed by atoms with Gasteiger partial charge >= 0.3 is 0 Å². The molecule has 2 aromatic carbocycles. The first-order chi connectivity index (χ1) is 12.6. The molecule has 0 aromatic heterocycles. The lowest BCUT2D eigenvalue weighted by atomic mass is 10.1. The van der Waals surface area contributed by atoms with Gasteiger partial charge < -0.3 is 15.0 Å². The Balaban J connectivity index is 1.76. The Bertz CT molecular complexity index is 849. The van der Waals surface area contributed by atoms with Crippen molar-refractivity contribution in [3.8, 4) is 5.75 Å². The molecule has 0 spiro atoms. The van der Waals surface area contributed by atoms with Crippen LogP contribution in [0.4, 0.5) is 0 Å². The van der Waals surface area contributed by atoms with E-state index in [1.165, 1.54) is 0 Å². The molecule has 1 aliphatic heterocycles. The molecule has 6 heteroatoms. The molecule has 3 rings (SSSR count). The molecule has 0 saturated carbocycles. The monoisotopic (exact) mass is 414 g/mol. The third kappa shape index (κ3) is 4.14. The lowest BCUT2D eigenvalue weighted by Crippen LogP contribution is -2.30. The summed E-state index contributed by atoms with van der Waals surface area (Å²) in [5, 5.41) is 2.50. The van der Waals surface area contributed by atoms with E-state index >= 15 is 0 Å². The second-order valence-electron chi connectivity index (χ2n) is 5.88. The number of carbonyl (C=O) groups is 2. The summed E-state index contributed by atoms with van der Waals surface area (Å²) in [4.78, 5) is 26.2. The van der Waals surface area contributed by atoms with Gasteiger partial charge in [-0.1, -0.05) is 52.3 Å². The molecule has 0 aliphatic carbocycles. The summed E-state index contributed by atoms with van der Waals surface area (Å²) in [7, 11) is 1.54. The standard InChI is InChI=1S/C20H19BrN2O3/c1-22-19(24)13-26-18-8-7-16(21)11-17(18)20(25)23-10-9-15(12-23)14-5-3-2-4-6-14/h2-9,11H,10,12-13H2,1H3,(H,22,24). The van der Waals surface area contributed by atoms with Crippen molar-refractivity contribution in [2.45, 2.75) is 0 Å². The van der Waals surface area contributed by atoms with Crippen LogP contribution in [0, 0.1) is 0 Å². The average Bonchev–Trinajstić information content (AvgIpc) is 3.17. The number of hydrogen-bond acceptors (Lipinski definition) is 3. The van der Waals surface area contributed by atoms with Crippen LogP contribution in [0.2, 0.25) is 0 Å². The van der Waals surface area contributed by atoms with Crippen LogP contribution in [0.15, 0.2) is 59.1 Å². The molecule has 134 valence electrons. The molecule has 2 aromatic rings. The summed E-state index contributed by atoms with van der Waals surface area (Å²) in [6.07, 6.45) is 2.07. The number of rotatable bonds is 5. The number of carbonyl (C=O) groups excluding carboxylic acids is 2. The second kappa shape index (κ2) is 8.19. The van der Waals surface area contributed by atoms with Gasteiger partial charge in [0.05, 0.1) is 5.56 Å². The molecule has 1 aliphatic rings. The second-order valence-corrected chi connectivity index (χ2v) is 6.80. The zero-order chi connectivity index (χ0) is 18.5. The van der Waals surface area contributed by atoms with Gasteiger partial charge in [0.2, 0.25) is 0 Å². The Labute approximate surface area is 160 Å². The van der Waals surface area contributed by atoms with E-state index in [-0.39, 0.29) is 18.4 Å². The van der Waals surface area contributed by atoms with E-state index in [2.05, 4.69) is 27.3 Å². The van der Waals surface area contributed by atoms with Crippen molar-refractivity contribution in [3.05, 3.63) is 70.2 Å². The van der Waals surface area contributed by atoms with Gasteiger partial charge in [0.1, 0.15) is 5.75 Å².